The van der Waals surface area contributed by atoms with Gasteiger partial charge in [0.25, 0.3) is 0 Å². The number of rotatable bonds is 3. The zero-order chi connectivity index (χ0) is 9.54. The smallest absolute Gasteiger partial charge is 0.0852 e. The SMILES string of the molecule is OCc1c2c(nn1CC1CC1)CCC2. The first-order chi connectivity index (χ1) is 6.88. The second-order valence-electron chi connectivity index (χ2n) is 4.51. The molecule has 1 fully saturated rings. The number of fused-ring (bicyclic) bond motifs is 1. The van der Waals surface area contributed by atoms with Gasteiger partial charge in [0.15, 0.2) is 0 Å². The number of aromatic nitrogens is 2. The van der Waals surface area contributed by atoms with Gasteiger partial charge in [-0.25, -0.2) is 0 Å². The molecule has 0 spiro atoms. The van der Waals surface area contributed by atoms with E-state index in [1.54, 1.807) is 0 Å². The first-order valence-electron chi connectivity index (χ1n) is 5.57. The minimum absolute atomic E-state index is 0.162. The third-order valence-electron chi connectivity index (χ3n) is 3.37. The fourth-order valence-electron chi connectivity index (χ4n) is 2.38. The predicted octanol–water partition coefficient (Wildman–Crippen LogP) is 1.27. The minimum Gasteiger partial charge on any atom is -0.390 e. The first kappa shape index (κ1) is 8.48. The maximum Gasteiger partial charge on any atom is 0.0852 e. The number of aryl methyl sites for hydroxylation is 1. The number of hydrogen-bond acceptors (Lipinski definition) is 2. The average Bonchev–Trinajstić information content (AvgIpc) is 2.74. The molecule has 3 heteroatoms. The molecule has 0 unspecified atom stereocenters. The summed E-state index contributed by atoms with van der Waals surface area (Å²) >= 11 is 0. The minimum atomic E-state index is 0.162. The van der Waals surface area contributed by atoms with Crippen molar-refractivity contribution in [2.24, 2.45) is 5.92 Å². The second kappa shape index (κ2) is 3.09. The molecule has 0 bridgehead atoms. The molecule has 14 heavy (non-hydrogen) atoms. The summed E-state index contributed by atoms with van der Waals surface area (Å²) in [7, 11) is 0. The maximum absolute atomic E-state index is 9.34. The van der Waals surface area contributed by atoms with Gasteiger partial charge >= 0.3 is 0 Å². The van der Waals surface area contributed by atoms with Gasteiger partial charge in [-0.05, 0) is 43.6 Å². The van der Waals surface area contributed by atoms with Gasteiger partial charge in [0.2, 0.25) is 0 Å². The molecule has 3 nitrogen and oxygen atoms in total. The average molecular weight is 192 g/mol. The molecule has 0 aliphatic heterocycles. The van der Waals surface area contributed by atoms with Crippen LogP contribution in [0.5, 0.6) is 0 Å². The van der Waals surface area contributed by atoms with Crippen molar-refractivity contribution in [3.8, 4) is 0 Å². The van der Waals surface area contributed by atoms with E-state index in [0.717, 1.165) is 31.0 Å². The number of aliphatic hydroxyl groups is 1. The molecule has 76 valence electrons. The van der Waals surface area contributed by atoms with E-state index in [1.165, 1.54) is 30.5 Å². The molecular weight excluding hydrogens is 176 g/mol. The van der Waals surface area contributed by atoms with Crippen molar-refractivity contribution in [1.29, 1.82) is 0 Å². The topological polar surface area (TPSA) is 38.1 Å². The molecule has 1 aromatic rings. The summed E-state index contributed by atoms with van der Waals surface area (Å²) in [5, 5.41) is 13.9. The van der Waals surface area contributed by atoms with Crippen LogP contribution in [-0.4, -0.2) is 14.9 Å². The highest BCUT2D eigenvalue weighted by Gasteiger charge is 2.26. The van der Waals surface area contributed by atoms with E-state index in [4.69, 9.17) is 0 Å². The second-order valence-corrected chi connectivity index (χ2v) is 4.51. The summed E-state index contributed by atoms with van der Waals surface area (Å²) in [5.74, 6) is 0.834. The zero-order valence-corrected chi connectivity index (χ0v) is 8.37. The zero-order valence-electron chi connectivity index (χ0n) is 8.37. The predicted molar refractivity (Wildman–Crippen MR) is 52.9 cm³/mol. The van der Waals surface area contributed by atoms with Gasteiger partial charge in [0.1, 0.15) is 0 Å². The van der Waals surface area contributed by atoms with E-state index in [9.17, 15) is 5.11 Å². The Morgan fingerprint density at radius 3 is 2.93 bits per heavy atom. The van der Waals surface area contributed by atoms with Gasteiger partial charge in [-0.15, -0.1) is 0 Å². The van der Waals surface area contributed by atoms with Crippen molar-refractivity contribution in [2.75, 3.05) is 0 Å². The van der Waals surface area contributed by atoms with Crippen LogP contribution in [0.3, 0.4) is 0 Å². The standard InChI is InChI=1S/C11H16N2O/c14-7-11-9-2-1-3-10(9)12-13(11)6-8-4-5-8/h8,14H,1-7H2. The quantitative estimate of drug-likeness (QED) is 0.783. The van der Waals surface area contributed by atoms with Gasteiger partial charge < -0.3 is 5.11 Å². The van der Waals surface area contributed by atoms with E-state index in [-0.39, 0.29) is 6.61 Å². The lowest BCUT2D eigenvalue weighted by atomic mass is 10.2. The molecule has 1 saturated carbocycles. The van der Waals surface area contributed by atoms with Crippen molar-refractivity contribution in [2.45, 2.75) is 45.3 Å². The molecule has 1 heterocycles. The Morgan fingerprint density at radius 2 is 2.21 bits per heavy atom. The summed E-state index contributed by atoms with van der Waals surface area (Å²) in [5.41, 5.74) is 3.67. The molecule has 0 atom stereocenters. The Balaban J connectivity index is 1.93. The van der Waals surface area contributed by atoms with Crippen LogP contribution >= 0.6 is 0 Å². The lowest BCUT2D eigenvalue weighted by Gasteiger charge is -2.05. The van der Waals surface area contributed by atoms with E-state index in [0.29, 0.717) is 0 Å². The van der Waals surface area contributed by atoms with Crippen LogP contribution in [0.15, 0.2) is 0 Å². The van der Waals surface area contributed by atoms with Crippen LogP contribution in [-0.2, 0) is 26.0 Å². The van der Waals surface area contributed by atoms with Crippen LogP contribution in [0.25, 0.3) is 0 Å². The van der Waals surface area contributed by atoms with Crippen molar-refractivity contribution >= 4 is 0 Å². The Bertz CT molecular complexity index is 352. The molecule has 0 saturated heterocycles. The van der Waals surface area contributed by atoms with Gasteiger partial charge in [-0.3, -0.25) is 4.68 Å². The van der Waals surface area contributed by atoms with Crippen LogP contribution in [0, 0.1) is 5.92 Å². The molecule has 2 aliphatic rings. The molecule has 1 N–H and O–H groups in total. The highest BCUT2D eigenvalue weighted by Crippen LogP contribution is 2.32. The van der Waals surface area contributed by atoms with Crippen molar-refractivity contribution in [1.82, 2.24) is 9.78 Å². The van der Waals surface area contributed by atoms with Crippen molar-refractivity contribution < 1.29 is 5.11 Å². The normalized spacial score (nSPS) is 20.1. The summed E-state index contributed by atoms with van der Waals surface area (Å²) in [6.07, 6.45) is 6.13. The summed E-state index contributed by atoms with van der Waals surface area (Å²) in [6.45, 7) is 1.19. The molecule has 0 amide bonds. The van der Waals surface area contributed by atoms with Gasteiger partial charge in [-0.1, -0.05) is 0 Å². The first-order valence-corrected chi connectivity index (χ1v) is 5.57. The summed E-state index contributed by atoms with van der Waals surface area (Å²) in [6, 6.07) is 0. The fraction of sp³-hybridized carbons (Fsp3) is 0.727. The third kappa shape index (κ3) is 1.27. The molecule has 2 aliphatic carbocycles. The molecule has 3 rings (SSSR count). The molecule has 1 aromatic heterocycles. The van der Waals surface area contributed by atoms with Crippen molar-refractivity contribution in [3.05, 3.63) is 17.0 Å². The van der Waals surface area contributed by atoms with E-state index >= 15 is 0 Å². The monoisotopic (exact) mass is 192 g/mol. The highest BCUT2D eigenvalue weighted by atomic mass is 16.3. The Hall–Kier alpha value is -0.830. The lowest BCUT2D eigenvalue weighted by molar-refractivity contribution is 0.265. The highest BCUT2D eigenvalue weighted by molar-refractivity contribution is 5.30. The van der Waals surface area contributed by atoms with Gasteiger partial charge in [0, 0.05) is 6.54 Å². The third-order valence-corrected chi connectivity index (χ3v) is 3.37. The van der Waals surface area contributed by atoms with Crippen LogP contribution in [0.1, 0.15) is 36.2 Å². The Morgan fingerprint density at radius 1 is 1.36 bits per heavy atom. The molecule has 0 radical (unpaired) electrons. The van der Waals surface area contributed by atoms with Crippen LogP contribution in [0.4, 0.5) is 0 Å². The van der Waals surface area contributed by atoms with Crippen LogP contribution < -0.4 is 0 Å². The maximum atomic E-state index is 9.34. The molecule has 0 aromatic carbocycles. The Kier molecular flexibility index (Phi) is 1.87. The fourth-order valence-corrected chi connectivity index (χ4v) is 2.38. The van der Waals surface area contributed by atoms with Crippen molar-refractivity contribution in [3.63, 3.8) is 0 Å². The van der Waals surface area contributed by atoms with Gasteiger partial charge in [-0.2, -0.15) is 5.10 Å². The molecular formula is C11H16N2O. The van der Waals surface area contributed by atoms with Gasteiger partial charge in [0.05, 0.1) is 18.0 Å². The van der Waals surface area contributed by atoms with Crippen LogP contribution in [0.2, 0.25) is 0 Å². The largest absolute Gasteiger partial charge is 0.390 e. The number of nitrogens with zero attached hydrogens (tertiary/aromatic N) is 2. The van der Waals surface area contributed by atoms with E-state index in [2.05, 4.69) is 9.78 Å². The van der Waals surface area contributed by atoms with E-state index < -0.39 is 0 Å². The number of hydrogen-bond donors (Lipinski definition) is 1. The summed E-state index contributed by atoms with van der Waals surface area (Å²) in [4.78, 5) is 0. The lowest BCUT2D eigenvalue weighted by Crippen LogP contribution is -2.08. The number of aliphatic hydroxyl groups excluding tert-OH is 1. The Labute approximate surface area is 83.7 Å². The summed E-state index contributed by atoms with van der Waals surface area (Å²) < 4.78 is 2.06. The van der Waals surface area contributed by atoms with E-state index in [1.807, 2.05) is 0 Å².